The van der Waals surface area contributed by atoms with Gasteiger partial charge in [-0.3, -0.25) is 0 Å². The average Bonchev–Trinajstić information content (AvgIpc) is 2.98. The summed E-state index contributed by atoms with van der Waals surface area (Å²) >= 11 is 1.81. The van der Waals surface area contributed by atoms with E-state index in [1.807, 2.05) is 11.3 Å². The van der Waals surface area contributed by atoms with Gasteiger partial charge in [0.05, 0.1) is 30.1 Å². The molecule has 0 radical (unpaired) electrons. The van der Waals surface area contributed by atoms with Gasteiger partial charge in [0.25, 0.3) is 0 Å². The first-order valence-corrected chi connectivity index (χ1v) is 7.87. The van der Waals surface area contributed by atoms with E-state index in [0.29, 0.717) is 11.3 Å². The number of nitrogens with two attached hydrogens (primary N) is 1. The fourth-order valence-corrected chi connectivity index (χ4v) is 3.74. The highest BCUT2D eigenvalue weighted by Crippen LogP contribution is 2.36. The summed E-state index contributed by atoms with van der Waals surface area (Å²) in [6.07, 6.45) is 3.40. The van der Waals surface area contributed by atoms with Crippen molar-refractivity contribution in [3.8, 4) is 0 Å². The van der Waals surface area contributed by atoms with Crippen molar-refractivity contribution in [2.45, 2.75) is 25.3 Å². The number of thiophene rings is 1. The van der Waals surface area contributed by atoms with E-state index < -0.39 is 0 Å². The first-order valence-electron chi connectivity index (χ1n) is 6.99. The molecule has 1 aromatic carbocycles. The predicted molar refractivity (Wildman–Crippen MR) is 85.8 cm³/mol. The van der Waals surface area contributed by atoms with Gasteiger partial charge in [0.1, 0.15) is 0 Å². The number of nitrogens with one attached hydrogen (secondary N) is 1. The molecule has 0 spiro atoms. The number of carbonyl (C=O) groups is 1. The van der Waals surface area contributed by atoms with Gasteiger partial charge in [-0.2, -0.15) is 0 Å². The summed E-state index contributed by atoms with van der Waals surface area (Å²) in [5.41, 5.74) is 9.33. The van der Waals surface area contributed by atoms with E-state index in [2.05, 4.69) is 16.8 Å². The lowest BCUT2D eigenvalue weighted by Crippen LogP contribution is -2.17. The minimum atomic E-state index is -0.349. The Balaban J connectivity index is 1.87. The van der Waals surface area contributed by atoms with Crippen LogP contribution in [0.3, 0.4) is 0 Å². The summed E-state index contributed by atoms with van der Waals surface area (Å²) in [7, 11) is 1.38. The lowest BCUT2D eigenvalue weighted by molar-refractivity contribution is 0.0601. The Kier molecular flexibility index (Phi) is 3.84. The number of rotatable bonds is 3. The lowest BCUT2D eigenvalue weighted by atomic mass is 9.93. The summed E-state index contributed by atoms with van der Waals surface area (Å²) in [6.45, 7) is 0. The van der Waals surface area contributed by atoms with Gasteiger partial charge in [-0.15, -0.1) is 11.3 Å². The Morgan fingerprint density at radius 1 is 1.43 bits per heavy atom. The fourth-order valence-electron chi connectivity index (χ4n) is 2.75. The van der Waals surface area contributed by atoms with Gasteiger partial charge in [-0.1, -0.05) is 0 Å². The molecule has 21 heavy (non-hydrogen) atoms. The van der Waals surface area contributed by atoms with Crippen LogP contribution >= 0.6 is 11.3 Å². The molecule has 110 valence electrons. The zero-order chi connectivity index (χ0) is 14.8. The molecule has 1 unspecified atom stereocenters. The van der Waals surface area contributed by atoms with Gasteiger partial charge in [-0.05, 0) is 54.5 Å². The first kappa shape index (κ1) is 13.9. The van der Waals surface area contributed by atoms with Crippen LogP contribution < -0.4 is 11.1 Å². The Labute approximate surface area is 127 Å². The molecule has 2 aromatic rings. The van der Waals surface area contributed by atoms with Crippen LogP contribution in [0.4, 0.5) is 11.4 Å². The number of nitrogen functional groups attached to an aromatic ring is 1. The van der Waals surface area contributed by atoms with Crippen molar-refractivity contribution >= 4 is 28.7 Å². The van der Waals surface area contributed by atoms with Gasteiger partial charge in [-0.25, -0.2) is 4.79 Å². The highest BCUT2D eigenvalue weighted by atomic mass is 32.1. The Morgan fingerprint density at radius 2 is 2.29 bits per heavy atom. The smallest absolute Gasteiger partial charge is 0.337 e. The second-order valence-electron chi connectivity index (χ2n) is 5.18. The van der Waals surface area contributed by atoms with E-state index in [0.717, 1.165) is 18.5 Å². The average molecular weight is 302 g/mol. The Hall–Kier alpha value is -2.01. The fraction of sp³-hybridized carbons (Fsp3) is 0.312. The molecular weight excluding hydrogens is 284 g/mol. The molecule has 0 fully saturated rings. The zero-order valence-corrected chi connectivity index (χ0v) is 12.7. The molecule has 1 aliphatic rings. The van der Waals surface area contributed by atoms with Gasteiger partial charge >= 0.3 is 5.97 Å². The molecule has 4 nitrogen and oxygen atoms in total. The van der Waals surface area contributed by atoms with Crippen molar-refractivity contribution in [2.75, 3.05) is 18.2 Å². The molecule has 1 aromatic heterocycles. The Bertz CT molecular complexity index is 666. The van der Waals surface area contributed by atoms with Gasteiger partial charge in [0, 0.05) is 4.88 Å². The number of hydrogen-bond acceptors (Lipinski definition) is 5. The normalized spacial score (nSPS) is 17.1. The molecule has 3 rings (SSSR count). The second-order valence-corrected chi connectivity index (χ2v) is 6.18. The number of aryl methyl sites for hydroxylation is 1. The van der Waals surface area contributed by atoms with Crippen molar-refractivity contribution < 1.29 is 9.53 Å². The van der Waals surface area contributed by atoms with Crippen LogP contribution in [-0.4, -0.2) is 13.1 Å². The number of fused-ring (bicyclic) bond motifs is 1. The topological polar surface area (TPSA) is 64.3 Å². The van der Waals surface area contributed by atoms with Crippen LogP contribution in [0.1, 0.15) is 39.7 Å². The molecule has 1 heterocycles. The summed E-state index contributed by atoms with van der Waals surface area (Å²) in [6, 6.07) is 7.63. The number of esters is 1. The van der Waals surface area contributed by atoms with Crippen molar-refractivity contribution in [2.24, 2.45) is 0 Å². The quantitative estimate of drug-likeness (QED) is 0.671. The van der Waals surface area contributed by atoms with Crippen molar-refractivity contribution in [3.63, 3.8) is 0 Å². The second kappa shape index (κ2) is 5.77. The number of hydrogen-bond donors (Lipinski definition) is 2. The number of anilines is 2. The standard InChI is InChI=1S/C16H18N2O2S/c1-20-16(19)10-5-6-12(17)14(9-10)18-13-3-2-4-15-11(13)7-8-21-15/h5-9,13,18H,2-4,17H2,1H3. The summed E-state index contributed by atoms with van der Waals surface area (Å²) in [4.78, 5) is 13.1. The highest BCUT2D eigenvalue weighted by Gasteiger charge is 2.22. The molecule has 0 saturated heterocycles. The lowest BCUT2D eigenvalue weighted by Gasteiger charge is -2.25. The number of carbonyl (C=O) groups excluding carboxylic acids is 1. The van der Waals surface area contributed by atoms with Crippen molar-refractivity contribution in [1.29, 1.82) is 0 Å². The molecule has 3 N–H and O–H groups in total. The van der Waals surface area contributed by atoms with E-state index in [1.165, 1.54) is 24.0 Å². The largest absolute Gasteiger partial charge is 0.465 e. The number of methoxy groups -OCH3 is 1. The van der Waals surface area contributed by atoms with Crippen LogP contribution in [-0.2, 0) is 11.2 Å². The van der Waals surface area contributed by atoms with E-state index >= 15 is 0 Å². The molecule has 5 heteroatoms. The van der Waals surface area contributed by atoms with Crippen LogP contribution in [0.5, 0.6) is 0 Å². The van der Waals surface area contributed by atoms with Crippen LogP contribution in [0.25, 0.3) is 0 Å². The van der Waals surface area contributed by atoms with E-state index in [9.17, 15) is 4.79 Å². The minimum Gasteiger partial charge on any atom is -0.465 e. The number of benzene rings is 1. The maximum Gasteiger partial charge on any atom is 0.337 e. The maximum atomic E-state index is 11.6. The van der Waals surface area contributed by atoms with Crippen LogP contribution in [0.15, 0.2) is 29.6 Å². The van der Waals surface area contributed by atoms with Crippen molar-refractivity contribution in [3.05, 3.63) is 45.6 Å². The molecule has 1 atom stereocenters. The van der Waals surface area contributed by atoms with Crippen molar-refractivity contribution in [1.82, 2.24) is 0 Å². The van der Waals surface area contributed by atoms with Crippen LogP contribution in [0.2, 0.25) is 0 Å². The van der Waals surface area contributed by atoms with Gasteiger partial charge in [0.2, 0.25) is 0 Å². The Morgan fingerprint density at radius 3 is 3.10 bits per heavy atom. The summed E-state index contributed by atoms with van der Waals surface area (Å²) in [5, 5.41) is 5.62. The van der Waals surface area contributed by atoms with E-state index in [-0.39, 0.29) is 12.0 Å². The maximum absolute atomic E-state index is 11.6. The van der Waals surface area contributed by atoms with E-state index in [4.69, 9.17) is 10.5 Å². The highest BCUT2D eigenvalue weighted by molar-refractivity contribution is 7.10. The van der Waals surface area contributed by atoms with E-state index in [1.54, 1.807) is 18.2 Å². The molecule has 0 aliphatic heterocycles. The minimum absolute atomic E-state index is 0.259. The first-order chi connectivity index (χ1) is 10.2. The molecule has 0 amide bonds. The molecular formula is C16H18N2O2S. The predicted octanol–water partition coefficient (Wildman–Crippen LogP) is 3.61. The molecule has 0 saturated carbocycles. The third kappa shape index (κ3) is 2.74. The third-order valence-electron chi connectivity index (χ3n) is 3.86. The van der Waals surface area contributed by atoms with Crippen LogP contribution in [0, 0.1) is 0 Å². The number of ether oxygens (including phenoxy) is 1. The molecule has 0 bridgehead atoms. The SMILES string of the molecule is COC(=O)c1ccc(N)c(NC2CCCc3sccc32)c1. The summed E-state index contributed by atoms with van der Waals surface area (Å²) < 4.78 is 4.76. The van der Waals surface area contributed by atoms with Gasteiger partial charge in [0.15, 0.2) is 0 Å². The molecule has 1 aliphatic carbocycles. The zero-order valence-electron chi connectivity index (χ0n) is 11.9. The monoisotopic (exact) mass is 302 g/mol. The third-order valence-corrected chi connectivity index (χ3v) is 4.85. The van der Waals surface area contributed by atoms with Gasteiger partial charge < -0.3 is 15.8 Å². The summed E-state index contributed by atoms with van der Waals surface area (Å²) in [5.74, 6) is -0.349.